The zero-order chi connectivity index (χ0) is 16.4. The van der Waals surface area contributed by atoms with Crippen molar-refractivity contribution in [2.75, 3.05) is 11.1 Å². The molecule has 2 rings (SSSR count). The van der Waals surface area contributed by atoms with Crippen LogP contribution in [0.25, 0.3) is 0 Å². The molecule has 1 atom stereocenters. The number of hydrogen-bond acceptors (Lipinski definition) is 5. The van der Waals surface area contributed by atoms with Crippen LogP contribution in [0, 0.1) is 6.92 Å². The molecule has 1 heterocycles. The van der Waals surface area contributed by atoms with Crippen LogP contribution in [0.15, 0.2) is 30.3 Å². The summed E-state index contributed by atoms with van der Waals surface area (Å²) >= 11 is 0. The molecule has 5 heteroatoms. The average Bonchev–Trinajstić information content (AvgIpc) is 2.49. The smallest absolute Gasteiger partial charge is 0.227 e. The normalized spacial score (nSPS) is 11.3. The van der Waals surface area contributed by atoms with Gasteiger partial charge < -0.3 is 11.1 Å². The Hall–Kier alpha value is -2.17. The van der Waals surface area contributed by atoms with Gasteiger partial charge >= 0.3 is 0 Å². The van der Waals surface area contributed by atoms with E-state index in [-0.39, 0.29) is 5.95 Å². The van der Waals surface area contributed by atoms with E-state index in [1.54, 1.807) is 0 Å². The second-order valence-corrected chi connectivity index (χ2v) is 4.99. The first kappa shape index (κ1) is 17.9. The third-order valence-electron chi connectivity index (χ3n) is 3.09. The minimum Gasteiger partial charge on any atom is -0.368 e. The van der Waals surface area contributed by atoms with Crippen LogP contribution in [0.2, 0.25) is 0 Å². The molecule has 120 valence electrons. The van der Waals surface area contributed by atoms with Crippen molar-refractivity contribution in [3.63, 3.8) is 0 Å². The van der Waals surface area contributed by atoms with Gasteiger partial charge in [0.25, 0.3) is 0 Å². The van der Waals surface area contributed by atoms with Crippen LogP contribution >= 0.6 is 0 Å². The maximum absolute atomic E-state index is 5.61. The number of rotatable bonds is 6. The van der Waals surface area contributed by atoms with Gasteiger partial charge in [-0.2, -0.15) is 15.0 Å². The summed E-state index contributed by atoms with van der Waals surface area (Å²) in [6.07, 6.45) is 3.27. The molecule has 1 aromatic heterocycles. The fourth-order valence-electron chi connectivity index (χ4n) is 2.12. The van der Waals surface area contributed by atoms with Gasteiger partial charge in [0.2, 0.25) is 11.9 Å². The van der Waals surface area contributed by atoms with Crippen molar-refractivity contribution in [1.29, 1.82) is 0 Å². The Bertz CT molecular complexity index is 522. The predicted molar refractivity (Wildman–Crippen MR) is 92.8 cm³/mol. The lowest BCUT2D eigenvalue weighted by Crippen LogP contribution is -2.18. The molecule has 3 N–H and O–H groups in total. The van der Waals surface area contributed by atoms with Crippen LogP contribution in [-0.2, 0) is 6.42 Å². The summed E-state index contributed by atoms with van der Waals surface area (Å²) < 4.78 is 0. The second-order valence-electron chi connectivity index (χ2n) is 4.99. The van der Waals surface area contributed by atoms with Gasteiger partial charge in [0, 0.05) is 6.04 Å². The molecule has 1 aromatic carbocycles. The van der Waals surface area contributed by atoms with Crippen LogP contribution in [0.4, 0.5) is 11.9 Å². The van der Waals surface area contributed by atoms with E-state index in [4.69, 9.17) is 5.73 Å². The highest BCUT2D eigenvalue weighted by Crippen LogP contribution is 2.10. The molecule has 0 spiro atoms. The lowest BCUT2D eigenvalue weighted by atomic mass is 10.1. The number of nitrogen functional groups attached to an aromatic ring is 1. The number of hydrogen-bond donors (Lipinski definition) is 2. The van der Waals surface area contributed by atoms with Crippen molar-refractivity contribution in [2.24, 2.45) is 0 Å². The number of benzene rings is 1. The van der Waals surface area contributed by atoms with Crippen molar-refractivity contribution < 1.29 is 0 Å². The Labute approximate surface area is 133 Å². The third kappa shape index (κ3) is 6.52. The molecule has 22 heavy (non-hydrogen) atoms. The van der Waals surface area contributed by atoms with Crippen LogP contribution in [0.1, 0.15) is 45.0 Å². The molecular weight excluding hydrogens is 274 g/mol. The minimum atomic E-state index is 0.261. The largest absolute Gasteiger partial charge is 0.368 e. The minimum absolute atomic E-state index is 0.261. The van der Waals surface area contributed by atoms with Gasteiger partial charge in [0.1, 0.15) is 5.82 Å². The molecule has 0 saturated carbocycles. The number of anilines is 2. The van der Waals surface area contributed by atoms with Crippen molar-refractivity contribution in [1.82, 2.24) is 15.0 Å². The first-order valence-electron chi connectivity index (χ1n) is 7.92. The van der Waals surface area contributed by atoms with Crippen LogP contribution < -0.4 is 11.1 Å². The molecule has 0 aliphatic carbocycles. The fraction of sp³-hybridized carbons (Fsp3) is 0.471. The zero-order valence-electron chi connectivity index (χ0n) is 14.0. The van der Waals surface area contributed by atoms with Crippen LogP contribution in [0.3, 0.4) is 0 Å². The summed E-state index contributed by atoms with van der Waals surface area (Å²) in [7, 11) is 0. The van der Waals surface area contributed by atoms with E-state index < -0.39 is 0 Å². The Kier molecular flexibility index (Phi) is 7.89. The molecule has 0 fully saturated rings. The first-order chi connectivity index (χ1) is 10.6. The predicted octanol–water partition coefficient (Wildman–Crippen LogP) is 3.61. The van der Waals surface area contributed by atoms with Crippen LogP contribution in [0.5, 0.6) is 0 Å². The number of nitrogens with zero attached hydrogens (tertiary/aromatic N) is 3. The number of aromatic nitrogens is 3. The van der Waals surface area contributed by atoms with Gasteiger partial charge in [0.05, 0.1) is 0 Å². The molecule has 5 nitrogen and oxygen atoms in total. The molecule has 0 aliphatic rings. The van der Waals surface area contributed by atoms with Crippen molar-refractivity contribution >= 4 is 11.9 Å². The number of nitrogens with one attached hydrogen (secondary N) is 1. The monoisotopic (exact) mass is 301 g/mol. The van der Waals surface area contributed by atoms with E-state index in [1.807, 2.05) is 26.8 Å². The average molecular weight is 301 g/mol. The lowest BCUT2D eigenvalue weighted by Gasteiger charge is -2.14. The quantitative estimate of drug-likeness (QED) is 0.852. The fourth-order valence-corrected chi connectivity index (χ4v) is 2.12. The maximum Gasteiger partial charge on any atom is 0.227 e. The molecule has 0 amide bonds. The summed E-state index contributed by atoms with van der Waals surface area (Å²) in [5.74, 6) is 1.45. The molecule has 0 saturated heterocycles. The SMILES string of the molecule is CC.Cc1nc(N)nc(N[C@H](C)CCCc2ccccc2)n1. The third-order valence-corrected chi connectivity index (χ3v) is 3.09. The number of nitrogens with two attached hydrogens (primary N) is 1. The Morgan fingerprint density at radius 2 is 1.77 bits per heavy atom. The van der Waals surface area contributed by atoms with E-state index in [0.717, 1.165) is 19.3 Å². The van der Waals surface area contributed by atoms with Crippen LogP contribution in [-0.4, -0.2) is 21.0 Å². The molecule has 0 bridgehead atoms. The lowest BCUT2D eigenvalue weighted by molar-refractivity contribution is 0.650. The van der Waals surface area contributed by atoms with Crippen molar-refractivity contribution in [3.8, 4) is 0 Å². The Morgan fingerprint density at radius 1 is 1.09 bits per heavy atom. The maximum atomic E-state index is 5.61. The highest BCUT2D eigenvalue weighted by Gasteiger charge is 2.06. The summed E-state index contributed by atoms with van der Waals surface area (Å²) in [6, 6.07) is 10.8. The summed E-state index contributed by atoms with van der Waals surface area (Å²) in [5.41, 5.74) is 6.98. The highest BCUT2D eigenvalue weighted by atomic mass is 15.2. The standard InChI is InChI=1S/C15H21N5.C2H6/c1-11(7-6-10-13-8-4-3-5-9-13)17-15-19-12(2)18-14(16)20-15;1-2/h3-5,8-9,11H,6-7,10H2,1-2H3,(H3,16,17,18,19,20);1-2H3/t11-;/m1./s1. The summed E-state index contributed by atoms with van der Waals surface area (Å²) in [5, 5.41) is 3.27. The van der Waals surface area contributed by atoms with E-state index in [1.165, 1.54) is 5.56 Å². The van der Waals surface area contributed by atoms with Gasteiger partial charge in [-0.05, 0) is 38.7 Å². The zero-order valence-corrected chi connectivity index (χ0v) is 14.0. The topological polar surface area (TPSA) is 76.7 Å². The highest BCUT2D eigenvalue weighted by molar-refractivity contribution is 5.31. The van der Waals surface area contributed by atoms with E-state index >= 15 is 0 Å². The number of aryl methyl sites for hydroxylation is 2. The van der Waals surface area contributed by atoms with Gasteiger partial charge in [0.15, 0.2) is 0 Å². The van der Waals surface area contributed by atoms with Gasteiger partial charge in [-0.3, -0.25) is 0 Å². The van der Waals surface area contributed by atoms with Crippen molar-refractivity contribution in [2.45, 2.75) is 53.0 Å². The van der Waals surface area contributed by atoms with E-state index in [2.05, 4.69) is 51.5 Å². The molecule has 0 radical (unpaired) electrons. The Morgan fingerprint density at radius 3 is 2.41 bits per heavy atom. The second kappa shape index (κ2) is 9.71. The van der Waals surface area contributed by atoms with Gasteiger partial charge in [-0.25, -0.2) is 0 Å². The van der Waals surface area contributed by atoms with E-state index in [0.29, 0.717) is 17.8 Å². The van der Waals surface area contributed by atoms with E-state index in [9.17, 15) is 0 Å². The molecular formula is C17H27N5. The van der Waals surface area contributed by atoms with Gasteiger partial charge in [-0.15, -0.1) is 0 Å². The molecule has 0 unspecified atom stereocenters. The molecule has 2 aromatic rings. The Balaban J connectivity index is 0.00000116. The molecule has 0 aliphatic heterocycles. The summed E-state index contributed by atoms with van der Waals surface area (Å²) in [6.45, 7) is 7.93. The summed E-state index contributed by atoms with van der Waals surface area (Å²) in [4.78, 5) is 12.3. The van der Waals surface area contributed by atoms with Crippen molar-refractivity contribution in [3.05, 3.63) is 41.7 Å². The first-order valence-corrected chi connectivity index (χ1v) is 7.92. The van der Waals surface area contributed by atoms with Gasteiger partial charge in [-0.1, -0.05) is 44.2 Å².